The van der Waals surface area contributed by atoms with Gasteiger partial charge in [-0.05, 0) is 25.2 Å². The molecule has 0 saturated heterocycles. The average Bonchev–Trinajstić information content (AvgIpc) is 2.19. The first-order chi connectivity index (χ1) is 6.67. The van der Waals surface area contributed by atoms with Crippen LogP contribution in [0.15, 0.2) is 0 Å². The summed E-state index contributed by atoms with van der Waals surface area (Å²) in [5.74, 6) is 0.855. The van der Waals surface area contributed by atoms with Crippen LogP contribution in [0, 0.1) is 5.92 Å². The monoisotopic (exact) mass is 324 g/mol. The van der Waals surface area contributed by atoms with Crippen molar-refractivity contribution in [3.8, 4) is 0 Å². The minimum atomic E-state index is 0.246. The Morgan fingerprint density at radius 2 is 1.71 bits per heavy atom. The maximum atomic E-state index is 3.89. The number of rotatable bonds is 5. The summed E-state index contributed by atoms with van der Waals surface area (Å²) in [6, 6.07) is 0. The van der Waals surface area contributed by atoms with Crippen LogP contribution in [-0.2, 0) is 0 Å². The molecule has 2 heteroatoms. The van der Waals surface area contributed by atoms with E-state index in [0.29, 0.717) is 0 Å². The summed E-state index contributed by atoms with van der Waals surface area (Å²) in [4.78, 5) is 0. The van der Waals surface area contributed by atoms with Gasteiger partial charge in [0.2, 0.25) is 0 Å². The third-order valence-electron chi connectivity index (χ3n) is 3.32. The lowest BCUT2D eigenvalue weighted by Gasteiger charge is -2.33. The van der Waals surface area contributed by atoms with Gasteiger partial charge in [-0.2, -0.15) is 0 Å². The Morgan fingerprint density at radius 1 is 1.07 bits per heavy atom. The Kier molecular flexibility index (Phi) is 6.07. The van der Waals surface area contributed by atoms with Crippen LogP contribution in [0.3, 0.4) is 0 Å². The molecular weight excluding hydrogens is 304 g/mol. The summed E-state index contributed by atoms with van der Waals surface area (Å²) in [7, 11) is 0. The molecule has 0 radical (unpaired) electrons. The van der Waals surface area contributed by atoms with Crippen molar-refractivity contribution in [2.24, 2.45) is 5.92 Å². The van der Waals surface area contributed by atoms with Crippen LogP contribution in [0.4, 0.5) is 0 Å². The molecular formula is C12H22Br2. The van der Waals surface area contributed by atoms with Crippen LogP contribution in [-0.4, -0.2) is 3.23 Å². The molecule has 1 saturated carbocycles. The van der Waals surface area contributed by atoms with E-state index in [2.05, 4.69) is 38.8 Å². The van der Waals surface area contributed by atoms with Crippen LogP contribution >= 0.6 is 31.9 Å². The highest BCUT2D eigenvalue weighted by Crippen LogP contribution is 2.46. The number of alkyl halides is 2. The first-order valence-corrected chi connectivity index (χ1v) is 7.63. The van der Waals surface area contributed by atoms with Gasteiger partial charge in [-0.25, -0.2) is 0 Å². The van der Waals surface area contributed by atoms with Gasteiger partial charge < -0.3 is 0 Å². The fraction of sp³-hybridized carbons (Fsp3) is 1.00. The largest absolute Gasteiger partial charge is 0.0833 e. The maximum absolute atomic E-state index is 3.89. The van der Waals surface area contributed by atoms with Crippen molar-refractivity contribution >= 4 is 31.9 Å². The second-order valence-electron chi connectivity index (χ2n) is 4.55. The summed E-state index contributed by atoms with van der Waals surface area (Å²) in [5.41, 5.74) is 0. The van der Waals surface area contributed by atoms with Crippen LogP contribution in [0.25, 0.3) is 0 Å². The molecule has 0 aromatic rings. The van der Waals surface area contributed by atoms with Crippen molar-refractivity contribution in [2.45, 2.75) is 67.9 Å². The van der Waals surface area contributed by atoms with E-state index in [1.54, 1.807) is 0 Å². The van der Waals surface area contributed by atoms with E-state index in [1.807, 2.05) is 0 Å². The lowest BCUT2D eigenvalue weighted by atomic mass is 9.85. The van der Waals surface area contributed by atoms with Gasteiger partial charge in [0.15, 0.2) is 0 Å². The molecule has 0 amide bonds. The molecule has 0 N–H and O–H groups in total. The van der Waals surface area contributed by atoms with E-state index >= 15 is 0 Å². The summed E-state index contributed by atoms with van der Waals surface area (Å²) < 4.78 is 0.246. The lowest BCUT2D eigenvalue weighted by molar-refractivity contribution is 0.328. The van der Waals surface area contributed by atoms with Crippen molar-refractivity contribution in [1.29, 1.82) is 0 Å². The molecule has 0 aromatic heterocycles. The second kappa shape index (κ2) is 6.52. The minimum absolute atomic E-state index is 0.246. The zero-order chi connectivity index (χ0) is 10.4. The van der Waals surface area contributed by atoms with Gasteiger partial charge in [0, 0.05) is 0 Å². The lowest BCUT2D eigenvalue weighted by Crippen LogP contribution is -2.26. The molecule has 0 nitrogen and oxygen atoms in total. The van der Waals surface area contributed by atoms with E-state index < -0.39 is 0 Å². The molecule has 1 aliphatic rings. The highest BCUT2D eigenvalue weighted by molar-refractivity contribution is 9.25. The molecule has 14 heavy (non-hydrogen) atoms. The average molecular weight is 326 g/mol. The van der Waals surface area contributed by atoms with Gasteiger partial charge in [0.05, 0.1) is 3.23 Å². The summed E-state index contributed by atoms with van der Waals surface area (Å²) in [5, 5.41) is 0. The van der Waals surface area contributed by atoms with Gasteiger partial charge >= 0.3 is 0 Å². The zero-order valence-corrected chi connectivity index (χ0v) is 12.4. The van der Waals surface area contributed by atoms with Crippen molar-refractivity contribution in [2.75, 3.05) is 0 Å². The summed E-state index contributed by atoms with van der Waals surface area (Å²) in [6.45, 7) is 2.27. The van der Waals surface area contributed by atoms with Crippen molar-refractivity contribution in [3.63, 3.8) is 0 Å². The molecule has 0 bridgehead atoms. The molecule has 0 atom stereocenters. The van der Waals surface area contributed by atoms with Gasteiger partial charge in [-0.15, -0.1) is 0 Å². The molecule has 84 valence electrons. The van der Waals surface area contributed by atoms with Gasteiger partial charge in [0.25, 0.3) is 0 Å². The molecule has 1 aliphatic carbocycles. The van der Waals surface area contributed by atoms with E-state index in [4.69, 9.17) is 0 Å². The van der Waals surface area contributed by atoms with Crippen LogP contribution in [0.1, 0.15) is 64.7 Å². The molecule has 1 rings (SSSR count). The second-order valence-corrected chi connectivity index (χ2v) is 8.45. The quantitative estimate of drug-likeness (QED) is 0.453. The van der Waals surface area contributed by atoms with Gasteiger partial charge in [-0.3, -0.25) is 0 Å². The normalized spacial score (nSPS) is 19.9. The Labute approximate surface area is 105 Å². The van der Waals surface area contributed by atoms with Crippen molar-refractivity contribution in [1.82, 2.24) is 0 Å². The third kappa shape index (κ3) is 4.22. The predicted molar refractivity (Wildman–Crippen MR) is 71.3 cm³/mol. The first kappa shape index (κ1) is 13.0. The highest BCUT2D eigenvalue weighted by atomic mass is 79.9. The van der Waals surface area contributed by atoms with Crippen LogP contribution < -0.4 is 0 Å². The smallest absolute Gasteiger partial charge is 0.0724 e. The molecule has 0 unspecified atom stereocenters. The number of hydrogen-bond acceptors (Lipinski definition) is 0. The molecule has 0 spiro atoms. The zero-order valence-electron chi connectivity index (χ0n) is 9.20. The minimum Gasteiger partial charge on any atom is -0.0724 e. The Bertz CT molecular complexity index is 148. The van der Waals surface area contributed by atoms with Crippen LogP contribution in [0.2, 0.25) is 0 Å². The predicted octanol–water partition coefficient (Wildman–Crippen LogP) is 5.63. The maximum Gasteiger partial charge on any atom is 0.0833 e. The van der Waals surface area contributed by atoms with Crippen molar-refractivity contribution in [3.05, 3.63) is 0 Å². The first-order valence-electron chi connectivity index (χ1n) is 6.04. The van der Waals surface area contributed by atoms with Gasteiger partial charge in [-0.1, -0.05) is 77.3 Å². The number of hydrogen-bond donors (Lipinski definition) is 0. The Hall–Kier alpha value is 0.960. The number of halogens is 2. The summed E-state index contributed by atoms with van der Waals surface area (Å²) >= 11 is 7.78. The fourth-order valence-corrected chi connectivity index (χ4v) is 3.82. The summed E-state index contributed by atoms with van der Waals surface area (Å²) in [6.07, 6.45) is 12.4. The van der Waals surface area contributed by atoms with Crippen molar-refractivity contribution < 1.29 is 0 Å². The van der Waals surface area contributed by atoms with E-state index in [1.165, 1.54) is 57.8 Å². The number of unbranched alkanes of at least 4 members (excludes halogenated alkanes) is 2. The topological polar surface area (TPSA) is 0 Å². The Balaban J connectivity index is 2.29. The van der Waals surface area contributed by atoms with E-state index in [9.17, 15) is 0 Å². The Morgan fingerprint density at radius 3 is 2.29 bits per heavy atom. The standard InChI is InChI=1S/C12H22Br2/c1-2-3-7-10-12(13,14)11-8-5-4-6-9-11/h11H,2-10H2,1H3. The highest BCUT2D eigenvalue weighted by Gasteiger charge is 2.33. The SMILES string of the molecule is CCCCCC(Br)(Br)C1CCCCC1. The van der Waals surface area contributed by atoms with Gasteiger partial charge in [0.1, 0.15) is 0 Å². The third-order valence-corrected chi connectivity index (χ3v) is 5.40. The molecule has 0 heterocycles. The molecule has 0 aromatic carbocycles. The van der Waals surface area contributed by atoms with E-state index in [0.717, 1.165) is 5.92 Å². The van der Waals surface area contributed by atoms with Crippen LogP contribution in [0.5, 0.6) is 0 Å². The van der Waals surface area contributed by atoms with E-state index in [-0.39, 0.29) is 3.23 Å². The fourth-order valence-electron chi connectivity index (χ4n) is 2.34. The molecule has 1 fully saturated rings. The molecule has 0 aliphatic heterocycles.